The van der Waals surface area contributed by atoms with Crippen molar-refractivity contribution in [2.45, 2.75) is 82.6 Å². The lowest BCUT2D eigenvalue weighted by Gasteiger charge is -2.38. The number of hydrogen-bond donors (Lipinski definition) is 3. The molecule has 13 nitrogen and oxygen atoms in total. The minimum atomic E-state index is -0.879. The fourth-order valence-electron chi connectivity index (χ4n) is 10.1. The van der Waals surface area contributed by atoms with Crippen LogP contribution in [0, 0.1) is 11.8 Å². The van der Waals surface area contributed by atoms with E-state index in [-0.39, 0.29) is 35.9 Å². The summed E-state index contributed by atoms with van der Waals surface area (Å²) < 4.78 is 9.69. The van der Waals surface area contributed by atoms with Crippen molar-refractivity contribution in [3.63, 3.8) is 0 Å². The third kappa shape index (κ3) is 8.19. The number of aromatic amines is 1. The molecule has 1 saturated carbocycles. The number of carbonyl (C=O) groups is 4. The first-order valence-corrected chi connectivity index (χ1v) is 21.9. The van der Waals surface area contributed by atoms with Crippen LogP contribution >= 0.6 is 0 Å². The van der Waals surface area contributed by atoms with Crippen LogP contribution in [-0.4, -0.2) is 88.4 Å². The Labute approximate surface area is 367 Å². The van der Waals surface area contributed by atoms with E-state index in [4.69, 9.17) is 19.5 Å². The molecule has 3 fully saturated rings. The molecule has 2 saturated heterocycles. The molecule has 0 spiro atoms. The molecule has 1 aromatic heterocycles. The molecular weight excluding hydrogens is 795 g/mol. The maximum Gasteiger partial charge on any atom is 0.407 e. The van der Waals surface area contributed by atoms with Gasteiger partial charge in [0.05, 0.1) is 38.2 Å². The number of nitrogens with one attached hydrogen (secondary N) is 3. The summed E-state index contributed by atoms with van der Waals surface area (Å²) in [6.07, 6.45) is 7.81. The third-order valence-corrected chi connectivity index (χ3v) is 13.3. The van der Waals surface area contributed by atoms with Crippen LogP contribution in [0.15, 0.2) is 108 Å². The zero-order chi connectivity index (χ0) is 43.8. The van der Waals surface area contributed by atoms with Crippen LogP contribution in [0.4, 0.5) is 9.59 Å². The molecule has 4 amide bonds. The molecule has 0 unspecified atom stereocenters. The summed E-state index contributed by atoms with van der Waals surface area (Å²) in [5.41, 5.74) is 8.02. The Morgan fingerprint density at radius 2 is 1.46 bits per heavy atom. The molecule has 0 radical (unpaired) electrons. The highest BCUT2D eigenvalue weighted by Crippen LogP contribution is 2.45. The fraction of sp³-hybridized carbons (Fsp3) is 0.360. The van der Waals surface area contributed by atoms with Crippen LogP contribution in [0.3, 0.4) is 0 Å². The lowest BCUT2D eigenvalue weighted by molar-refractivity contribution is -0.137. The summed E-state index contributed by atoms with van der Waals surface area (Å²) >= 11 is 0. The quantitative estimate of drug-likeness (QED) is 0.120. The van der Waals surface area contributed by atoms with Gasteiger partial charge in [0, 0.05) is 36.5 Å². The van der Waals surface area contributed by atoms with Crippen molar-refractivity contribution in [1.29, 1.82) is 0 Å². The maximum atomic E-state index is 14.0. The van der Waals surface area contributed by atoms with Crippen molar-refractivity contribution in [1.82, 2.24) is 30.4 Å². The minimum absolute atomic E-state index is 0.0539. The Morgan fingerprint density at radius 3 is 2.19 bits per heavy atom. The zero-order valence-electron chi connectivity index (χ0n) is 36.0. The summed E-state index contributed by atoms with van der Waals surface area (Å²) in [4.78, 5) is 69.4. The molecule has 13 heteroatoms. The second-order valence-corrected chi connectivity index (χ2v) is 17.4. The Kier molecular flexibility index (Phi) is 11.6. The summed E-state index contributed by atoms with van der Waals surface area (Å²) in [5.74, 6) is 0.741. The first-order valence-electron chi connectivity index (χ1n) is 21.9. The molecule has 1 aliphatic carbocycles. The van der Waals surface area contributed by atoms with Gasteiger partial charge in [0.2, 0.25) is 5.91 Å². The maximum absolute atomic E-state index is 14.0. The highest BCUT2D eigenvalue weighted by atomic mass is 16.5. The van der Waals surface area contributed by atoms with Gasteiger partial charge in [-0.25, -0.2) is 14.6 Å². The van der Waals surface area contributed by atoms with Crippen LogP contribution in [0.2, 0.25) is 0 Å². The number of rotatable bonds is 11. The predicted molar refractivity (Wildman–Crippen MR) is 241 cm³/mol. The number of amides is 4. The van der Waals surface area contributed by atoms with E-state index in [1.807, 2.05) is 61.5 Å². The average Bonchev–Trinajstić information content (AvgIpc) is 4.18. The highest BCUT2D eigenvalue weighted by molar-refractivity contribution is 6.04. The number of ether oxygens (including phenoxy) is 2. The monoisotopic (exact) mass is 847 g/mol. The lowest BCUT2D eigenvalue weighted by Crippen LogP contribution is -2.57. The number of likely N-dealkylation sites (tertiary alicyclic amines) is 2. The van der Waals surface area contributed by atoms with Gasteiger partial charge in [-0.1, -0.05) is 92.7 Å². The number of piperidine rings is 1. The summed E-state index contributed by atoms with van der Waals surface area (Å²) in [6.45, 7) is 4.45. The van der Waals surface area contributed by atoms with E-state index in [9.17, 15) is 19.2 Å². The summed E-state index contributed by atoms with van der Waals surface area (Å²) in [5, 5.41) is 7.71. The third-order valence-electron chi connectivity index (χ3n) is 13.3. The van der Waals surface area contributed by atoms with E-state index >= 15 is 0 Å². The standard InChI is InChI=1S/C50H53N7O6/c1-29(2)43(54-49(60)62-3)48(59)57-39-21-20-37(25-39)45(57)40-26-38(27-51-40)31-14-12-30(13-15-31)33-16-17-35-24-36(19-18-34(35)23-33)41-28-52-46(53-41)42-11-8-22-56(42)47(58)44(55-50(61)63-4)32-9-6-5-7-10-32/h5-7,9-10,12-19,23-24,27-29,37,39,42-45H,8,11,20-22,25-26H2,1-4H3,(H,52,53)(H,54,60)(H,55,61)/t37-,39+,42-,43-,44+,45-/m0/s1. The number of aliphatic imine (C=N–C) groups is 1. The molecule has 3 N–H and O–H groups in total. The molecule has 324 valence electrons. The molecule has 6 atom stereocenters. The number of benzene rings is 4. The van der Waals surface area contributed by atoms with Crippen LogP contribution < -0.4 is 10.6 Å². The van der Waals surface area contributed by atoms with E-state index in [0.717, 1.165) is 82.1 Å². The van der Waals surface area contributed by atoms with Gasteiger partial charge in [-0.2, -0.15) is 0 Å². The molecule has 4 aliphatic rings. The first kappa shape index (κ1) is 41.6. The van der Waals surface area contributed by atoms with E-state index in [0.29, 0.717) is 30.3 Å². The van der Waals surface area contributed by atoms with Crippen molar-refractivity contribution >= 4 is 46.1 Å². The molecule has 9 rings (SSSR count). The number of aromatic nitrogens is 2. The van der Waals surface area contributed by atoms with Crippen LogP contribution in [0.1, 0.15) is 81.4 Å². The summed E-state index contributed by atoms with van der Waals surface area (Å²) in [7, 11) is 2.60. The van der Waals surface area contributed by atoms with E-state index in [1.165, 1.54) is 14.2 Å². The Balaban J connectivity index is 0.860. The van der Waals surface area contributed by atoms with Crippen molar-refractivity contribution < 1.29 is 28.7 Å². The van der Waals surface area contributed by atoms with E-state index in [1.54, 1.807) is 4.90 Å². The van der Waals surface area contributed by atoms with Crippen molar-refractivity contribution in [2.75, 3.05) is 20.8 Å². The second-order valence-electron chi connectivity index (χ2n) is 17.4. The fourth-order valence-corrected chi connectivity index (χ4v) is 10.1. The van der Waals surface area contributed by atoms with Gasteiger partial charge in [0.15, 0.2) is 0 Å². The number of alkyl carbamates (subject to hydrolysis) is 2. The number of methoxy groups -OCH3 is 2. The van der Waals surface area contributed by atoms with Crippen LogP contribution in [0.25, 0.3) is 38.7 Å². The molecule has 2 bridgehead atoms. The number of H-pyrrole nitrogens is 1. The largest absolute Gasteiger partial charge is 0.453 e. The van der Waals surface area contributed by atoms with Crippen LogP contribution in [-0.2, 0) is 19.1 Å². The number of imidazole rings is 1. The van der Waals surface area contributed by atoms with Gasteiger partial charge in [0.25, 0.3) is 5.91 Å². The Morgan fingerprint density at radius 1 is 0.778 bits per heavy atom. The topological polar surface area (TPSA) is 158 Å². The minimum Gasteiger partial charge on any atom is -0.453 e. The van der Waals surface area contributed by atoms with Gasteiger partial charge < -0.3 is 34.9 Å². The van der Waals surface area contributed by atoms with Gasteiger partial charge in [0.1, 0.15) is 17.9 Å². The summed E-state index contributed by atoms with van der Waals surface area (Å²) in [6, 6.07) is 29.0. The smallest absolute Gasteiger partial charge is 0.407 e. The molecular formula is C50H53N7O6. The van der Waals surface area contributed by atoms with Crippen molar-refractivity contribution in [2.24, 2.45) is 16.8 Å². The van der Waals surface area contributed by atoms with Gasteiger partial charge in [-0.15, -0.1) is 0 Å². The number of hydrogen-bond acceptors (Lipinski definition) is 8. The molecule has 3 aliphatic heterocycles. The zero-order valence-corrected chi connectivity index (χ0v) is 36.0. The average molecular weight is 848 g/mol. The van der Waals surface area contributed by atoms with E-state index in [2.05, 4.69) is 76.3 Å². The molecule has 4 aromatic carbocycles. The molecule has 4 heterocycles. The number of nitrogens with zero attached hydrogens (tertiary/aromatic N) is 4. The van der Waals surface area contributed by atoms with Crippen molar-refractivity contribution in [3.8, 4) is 22.4 Å². The first-order chi connectivity index (χ1) is 30.6. The lowest BCUT2D eigenvalue weighted by atomic mass is 9.89. The Hall–Kier alpha value is -6.76. The van der Waals surface area contributed by atoms with E-state index < -0.39 is 24.3 Å². The molecule has 5 aromatic rings. The SMILES string of the molecule is COC(=O)N[C@H](C(=O)N1[C@@H]2CC[C@@H](C2)[C@H]1C1=NC=C(c2ccc(-c3ccc4cc(-c5cnc([C@@H]6CCCN6C(=O)[C@H](NC(=O)OC)c6ccccc6)[nH]5)ccc4c3)cc2)C1)C(C)C. The number of carbonyl (C=O) groups excluding carboxylic acids is 4. The van der Waals surface area contributed by atoms with Gasteiger partial charge in [-0.3, -0.25) is 14.6 Å². The number of fused-ring (bicyclic) bond motifs is 3. The highest BCUT2D eigenvalue weighted by Gasteiger charge is 2.52. The second kappa shape index (κ2) is 17.5. The predicted octanol–water partition coefficient (Wildman–Crippen LogP) is 8.60. The normalized spacial score (nSPS) is 21.3. The van der Waals surface area contributed by atoms with Crippen molar-refractivity contribution in [3.05, 3.63) is 120 Å². The Bertz CT molecular complexity index is 2600. The van der Waals surface area contributed by atoms with Gasteiger partial charge >= 0.3 is 12.2 Å². The van der Waals surface area contributed by atoms with Crippen LogP contribution in [0.5, 0.6) is 0 Å². The number of allylic oxidation sites excluding steroid dienone is 1. The molecule has 63 heavy (non-hydrogen) atoms. The van der Waals surface area contributed by atoms with Gasteiger partial charge in [-0.05, 0) is 94.7 Å².